The summed E-state index contributed by atoms with van der Waals surface area (Å²) in [5.41, 5.74) is 6.94. The predicted molar refractivity (Wildman–Crippen MR) is 82.1 cm³/mol. The minimum absolute atomic E-state index is 0.000439. The number of fused-ring (bicyclic) bond motifs is 1. The summed E-state index contributed by atoms with van der Waals surface area (Å²) in [5, 5.41) is 0.832. The van der Waals surface area contributed by atoms with Gasteiger partial charge in [0, 0.05) is 6.20 Å². The van der Waals surface area contributed by atoms with Crippen LogP contribution in [0.25, 0.3) is 16.7 Å². The van der Waals surface area contributed by atoms with Gasteiger partial charge in [-0.05, 0) is 30.2 Å². The van der Waals surface area contributed by atoms with E-state index >= 15 is 0 Å². The molecule has 0 aliphatic rings. The molecule has 0 bridgehead atoms. The summed E-state index contributed by atoms with van der Waals surface area (Å²) in [5.74, 6) is 0.165. The zero-order valence-electron chi connectivity index (χ0n) is 10.8. The maximum absolute atomic E-state index is 12.3. The van der Waals surface area contributed by atoms with E-state index in [0.29, 0.717) is 16.1 Å². The number of aromatic nitrogens is 4. The molecule has 1 aromatic carbocycles. The maximum atomic E-state index is 12.3. The van der Waals surface area contributed by atoms with Crippen molar-refractivity contribution in [1.29, 1.82) is 0 Å². The molecule has 0 saturated carbocycles. The van der Waals surface area contributed by atoms with Crippen molar-refractivity contribution in [2.75, 3.05) is 5.73 Å². The molecular weight excluding hydrogens is 313 g/mol. The molecule has 21 heavy (non-hydrogen) atoms. The van der Waals surface area contributed by atoms with Crippen molar-refractivity contribution in [1.82, 2.24) is 19.5 Å². The van der Waals surface area contributed by atoms with Crippen LogP contribution < -0.4 is 11.4 Å². The van der Waals surface area contributed by atoms with E-state index in [2.05, 4.69) is 15.0 Å². The van der Waals surface area contributed by atoms with Crippen LogP contribution in [0.2, 0.25) is 10.3 Å². The summed E-state index contributed by atoms with van der Waals surface area (Å²) in [6.45, 7) is 1.83. The zero-order valence-corrected chi connectivity index (χ0v) is 12.4. The van der Waals surface area contributed by atoms with Gasteiger partial charge < -0.3 is 5.73 Å². The van der Waals surface area contributed by atoms with E-state index in [1.54, 1.807) is 12.1 Å². The van der Waals surface area contributed by atoms with Gasteiger partial charge in [0.15, 0.2) is 5.65 Å². The van der Waals surface area contributed by atoms with Gasteiger partial charge in [-0.15, -0.1) is 0 Å². The molecule has 2 N–H and O–H groups in total. The fourth-order valence-corrected chi connectivity index (χ4v) is 2.54. The first-order valence-corrected chi connectivity index (χ1v) is 6.71. The van der Waals surface area contributed by atoms with E-state index in [1.165, 1.54) is 10.8 Å². The van der Waals surface area contributed by atoms with Crippen molar-refractivity contribution in [2.45, 2.75) is 6.92 Å². The van der Waals surface area contributed by atoms with Gasteiger partial charge in [0.2, 0.25) is 5.28 Å². The Morgan fingerprint density at radius 1 is 1.24 bits per heavy atom. The van der Waals surface area contributed by atoms with Crippen LogP contribution in [0.5, 0.6) is 0 Å². The van der Waals surface area contributed by atoms with Crippen LogP contribution >= 0.6 is 23.2 Å². The molecule has 0 saturated heterocycles. The van der Waals surface area contributed by atoms with E-state index in [9.17, 15) is 4.79 Å². The molecule has 106 valence electrons. The molecule has 6 nitrogen and oxygen atoms in total. The van der Waals surface area contributed by atoms with E-state index < -0.39 is 5.69 Å². The smallest absolute Gasteiger partial charge is 0.355 e. The van der Waals surface area contributed by atoms with Crippen LogP contribution in [-0.2, 0) is 0 Å². The second-order valence-electron chi connectivity index (χ2n) is 4.40. The molecule has 0 spiro atoms. The number of halogens is 2. The number of rotatable bonds is 1. The van der Waals surface area contributed by atoms with Gasteiger partial charge in [0.1, 0.15) is 5.82 Å². The lowest BCUT2D eigenvalue weighted by molar-refractivity contribution is 0.931. The molecule has 3 rings (SSSR count). The summed E-state index contributed by atoms with van der Waals surface area (Å²) in [6.07, 6.45) is 1.43. The zero-order chi connectivity index (χ0) is 15.1. The van der Waals surface area contributed by atoms with E-state index in [0.717, 1.165) is 5.56 Å². The number of aryl methyl sites for hydroxylation is 1. The van der Waals surface area contributed by atoms with Crippen LogP contribution in [0.1, 0.15) is 5.56 Å². The normalized spacial score (nSPS) is 11.0. The SMILES string of the molecule is Cc1cccc(Cl)c1-n1c(N)c2cnc(Cl)nc2nc1=O. The van der Waals surface area contributed by atoms with E-state index in [4.69, 9.17) is 28.9 Å². The first-order chi connectivity index (χ1) is 9.99. The standard InChI is InChI=1S/C13H9Cl2N5O/c1-6-3-2-4-8(14)9(6)20-10(16)7-5-17-12(15)18-11(7)19-13(20)21/h2-5H,16H2,1H3. The Kier molecular flexibility index (Phi) is 3.27. The maximum Gasteiger partial charge on any atom is 0.355 e. The Morgan fingerprint density at radius 2 is 2.00 bits per heavy atom. The molecule has 0 aliphatic carbocycles. The molecule has 2 aromatic heterocycles. The van der Waals surface area contributed by atoms with Crippen molar-refractivity contribution in [3.63, 3.8) is 0 Å². The van der Waals surface area contributed by atoms with E-state index in [-0.39, 0.29) is 16.7 Å². The second kappa shape index (κ2) is 4.98. The van der Waals surface area contributed by atoms with Crippen molar-refractivity contribution < 1.29 is 0 Å². The molecule has 0 unspecified atom stereocenters. The van der Waals surface area contributed by atoms with Gasteiger partial charge in [-0.1, -0.05) is 23.7 Å². The summed E-state index contributed by atoms with van der Waals surface area (Å²) >= 11 is 11.9. The van der Waals surface area contributed by atoms with Crippen molar-refractivity contribution >= 4 is 40.1 Å². The molecule has 0 atom stereocenters. The van der Waals surface area contributed by atoms with Gasteiger partial charge in [0.05, 0.1) is 16.1 Å². The van der Waals surface area contributed by atoms with Gasteiger partial charge in [-0.25, -0.2) is 14.3 Å². The Bertz CT molecular complexity index is 902. The molecule has 0 aliphatic heterocycles. The Hall–Kier alpha value is -2.18. The van der Waals surface area contributed by atoms with Crippen molar-refractivity contribution in [3.05, 3.63) is 50.7 Å². The molecular formula is C13H9Cl2N5O. The highest BCUT2D eigenvalue weighted by Crippen LogP contribution is 2.27. The van der Waals surface area contributed by atoms with Crippen molar-refractivity contribution in [3.8, 4) is 5.69 Å². The lowest BCUT2D eigenvalue weighted by Gasteiger charge is -2.14. The highest BCUT2D eigenvalue weighted by atomic mass is 35.5. The van der Waals surface area contributed by atoms with Crippen LogP contribution in [-0.4, -0.2) is 19.5 Å². The average molecular weight is 322 g/mol. The van der Waals surface area contributed by atoms with Crippen LogP contribution in [0.15, 0.2) is 29.2 Å². The van der Waals surface area contributed by atoms with E-state index in [1.807, 2.05) is 13.0 Å². The molecule has 3 aromatic rings. The topological polar surface area (TPSA) is 86.7 Å². The number of nitrogens with two attached hydrogens (primary N) is 1. The van der Waals surface area contributed by atoms with Gasteiger partial charge in [0.25, 0.3) is 0 Å². The minimum atomic E-state index is -0.578. The number of anilines is 1. The van der Waals surface area contributed by atoms with Crippen LogP contribution in [0.3, 0.4) is 0 Å². The Morgan fingerprint density at radius 3 is 2.71 bits per heavy atom. The third-order valence-electron chi connectivity index (χ3n) is 3.06. The van der Waals surface area contributed by atoms with Crippen molar-refractivity contribution in [2.24, 2.45) is 0 Å². The lowest BCUT2D eigenvalue weighted by atomic mass is 10.2. The predicted octanol–water partition coefficient (Wildman–Crippen LogP) is 2.37. The number of nitrogens with zero attached hydrogens (tertiary/aromatic N) is 4. The summed E-state index contributed by atoms with van der Waals surface area (Å²) < 4.78 is 1.25. The highest BCUT2D eigenvalue weighted by Gasteiger charge is 2.16. The molecule has 0 fully saturated rings. The van der Waals surface area contributed by atoms with Gasteiger partial charge in [-0.2, -0.15) is 9.97 Å². The monoisotopic (exact) mass is 321 g/mol. The largest absolute Gasteiger partial charge is 0.384 e. The Balaban J connectivity index is 2.44. The lowest BCUT2D eigenvalue weighted by Crippen LogP contribution is -2.25. The van der Waals surface area contributed by atoms with Gasteiger partial charge in [-0.3, -0.25) is 0 Å². The average Bonchev–Trinajstić information content (AvgIpc) is 2.41. The van der Waals surface area contributed by atoms with Crippen LogP contribution in [0, 0.1) is 6.92 Å². The third kappa shape index (κ3) is 2.22. The number of benzene rings is 1. The fraction of sp³-hybridized carbons (Fsp3) is 0.0769. The molecule has 2 heterocycles. The number of hydrogen-bond donors (Lipinski definition) is 1. The Labute approximate surface area is 129 Å². The fourth-order valence-electron chi connectivity index (χ4n) is 2.10. The minimum Gasteiger partial charge on any atom is -0.384 e. The molecule has 0 radical (unpaired) electrons. The number of hydrogen-bond acceptors (Lipinski definition) is 5. The number of nitrogen functional groups attached to an aromatic ring is 1. The first kappa shape index (κ1) is 13.8. The van der Waals surface area contributed by atoms with Gasteiger partial charge >= 0.3 is 5.69 Å². The third-order valence-corrected chi connectivity index (χ3v) is 3.55. The number of para-hydroxylation sites is 1. The molecule has 0 amide bonds. The van der Waals surface area contributed by atoms with Crippen LogP contribution in [0.4, 0.5) is 5.82 Å². The summed E-state index contributed by atoms with van der Waals surface area (Å²) in [7, 11) is 0. The summed E-state index contributed by atoms with van der Waals surface area (Å²) in [6, 6.07) is 5.30. The first-order valence-electron chi connectivity index (χ1n) is 5.95. The molecule has 8 heteroatoms. The summed E-state index contributed by atoms with van der Waals surface area (Å²) in [4.78, 5) is 23.9. The second-order valence-corrected chi connectivity index (χ2v) is 5.14. The highest BCUT2D eigenvalue weighted by molar-refractivity contribution is 6.32. The quantitative estimate of drug-likeness (QED) is 0.695.